The molecule has 1 aliphatic heterocycles. The lowest BCUT2D eigenvalue weighted by Gasteiger charge is -2.28. The standard InChI is InChI=1S/C28H34N2O2/c1-31-27-10-6-8-24(18-27)21-30(22-25-9-7-11-28(19-25)32-2)26-14-12-23(13-15-26)20-29-16-4-3-5-17-29/h6-15,18-19H,3-5,16-17,20-22H2,1-2H3. The van der Waals surface area contributed by atoms with Crippen LogP contribution >= 0.6 is 0 Å². The van der Waals surface area contributed by atoms with E-state index in [1.165, 1.54) is 54.7 Å². The molecule has 4 nitrogen and oxygen atoms in total. The van der Waals surface area contributed by atoms with Crippen molar-refractivity contribution in [1.82, 2.24) is 4.90 Å². The third kappa shape index (κ3) is 6.04. The first-order chi connectivity index (χ1) is 15.7. The van der Waals surface area contributed by atoms with Crippen LogP contribution in [0.4, 0.5) is 5.69 Å². The van der Waals surface area contributed by atoms with Gasteiger partial charge in [-0.3, -0.25) is 4.90 Å². The molecule has 0 radical (unpaired) electrons. The molecule has 0 N–H and O–H groups in total. The number of nitrogens with zero attached hydrogens (tertiary/aromatic N) is 2. The lowest BCUT2D eigenvalue weighted by molar-refractivity contribution is 0.221. The highest BCUT2D eigenvalue weighted by Gasteiger charge is 2.13. The van der Waals surface area contributed by atoms with Crippen molar-refractivity contribution < 1.29 is 9.47 Å². The Morgan fingerprint density at radius 2 is 1.25 bits per heavy atom. The lowest BCUT2D eigenvalue weighted by atomic mass is 10.1. The van der Waals surface area contributed by atoms with Crippen molar-refractivity contribution in [2.45, 2.75) is 38.9 Å². The van der Waals surface area contributed by atoms with E-state index in [2.05, 4.69) is 70.5 Å². The average molecular weight is 431 g/mol. The minimum atomic E-state index is 0.805. The van der Waals surface area contributed by atoms with E-state index in [0.717, 1.165) is 31.1 Å². The summed E-state index contributed by atoms with van der Waals surface area (Å²) in [4.78, 5) is 4.98. The van der Waals surface area contributed by atoms with Crippen LogP contribution in [0.2, 0.25) is 0 Å². The van der Waals surface area contributed by atoms with Gasteiger partial charge in [0.15, 0.2) is 0 Å². The predicted octanol–water partition coefficient (Wildman–Crippen LogP) is 5.90. The first-order valence-electron chi connectivity index (χ1n) is 11.6. The Labute approximate surface area is 192 Å². The van der Waals surface area contributed by atoms with Crippen LogP contribution in [0.1, 0.15) is 36.0 Å². The summed E-state index contributed by atoms with van der Waals surface area (Å²) in [6.45, 7) is 5.10. The molecule has 0 spiro atoms. The molecule has 4 heteroatoms. The highest BCUT2D eigenvalue weighted by Crippen LogP contribution is 2.25. The normalized spacial score (nSPS) is 14.2. The lowest BCUT2D eigenvalue weighted by Crippen LogP contribution is -2.29. The molecule has 0 amide bonds. The Kier molecular flexibility index (Phi) is 7.68. The van der Waals surface area contributed by atoms with E-state index in [9.17, 15) is 0 Å². The minimum absolute atomic E-state index is 0.805. The van der Waals surface area contributed by atoms with Crippen molar-refractivity contribution in [3.63, 3.8) is 0 Å². The zero-order valence-electron chi connectivity index (χ0n) is 19.3. The summed E-state index contributed by atoms with van der Waals surface area (Å²) in [6.07, 6.45) is 4.03. The summed E-state index contributed by atoms with van der Waals surface area (Å²) >= 11 is 0. The molecule has 3 aromatic carbocycles. The van der Waals surface area contributed by atoms with Crippen molar-refractivity contribution in [1.29, 1.82) is 0 Å². The summed E-state index contributed by atoms with van der Waals surface area (Å²) in [5.41, 5.74) is 5.06. The van der Waals surface area contributed by atoms with Crippen LogP contribution in [-0.4, -0.2) is 32.2 Å². The molecular weight excluding hydrogens is 396 g/mol. The molecule has 4 rings (SSSR count). The van der Waals surface area contributed by atoms with Gasteiger partial charge in [-0.2, -0.15) is 0 Å². The van der Waals surface area contributed by atoms with E-state index in [4.69, 9.17) is 9.47 Å². The molecule has 0 aromatic heterocycles. The second-order valence-corrected chi connectivity index (χ2v) is 8.56. The number of hydrogen-bond acceptors (Lipinski definition) is 4. The Hall–Kier alpha value is -2.98. The van der Waals surface area contributed by atoms with Gasteiger partial charge in [-0.25, -0.2) is 0 Å². The van der Waals surface area contributed by atoms with Crippen molar-refractivity contribution in [3.05, 3.63) is 89.5 Å². The van der Waals surface area contributed by atoms with E-state index >= 15 is 0 Å². The molecule has 168 valence electrons. The molecule has 32 heavy (non-hydrogen) atoms. The Morgan fingerprint density at radius 1 is 0.688 bits per heavy atom. The molecule has 1 aliphatic rings. The fourth-order valence-electron chi connectivity index (χ4n) is 4.41. The maximum absolute atomic E-state index is 5.44. The fourth-order valence-corrected chi connectivity index (χ4v) is 4.41. The van der Waals surface area contributed by atoms with Gasteiger partial charge in [0.2, 0.25) is 0 Å². The Balaban J connectivity index is 1.54. The minimum Gasteiger partial charge on any atom is -0.497 e. The van der Waals surface area contributed by atoms with Crippen LogP contribution in [0.15, 0.2) is 72.8 Å². The van der Waals surface area contributed by atoms with Crippen molar-refractivity contribution >= 4 is 5.69 Å². The van der Waals surface area contributed by atoms with Crippen molar-refractivity contribution in [3.8, 4) is 11.5 Å². The van der Waals surface area contributed by atoms with E-state index < -0.39 is 0 Å². The van der Waals surface area contributed by atoms with Crippen LogP contribution in [-0.2, 0) is 19.6 Å². The van der Waals surface area contributed by atoms with E-state index in [1.807, 2.05) is 12.1 Å². The van der Waals surface area contributed by atoms with Gasteiger partial charge < -0.3 is 14.4 Å². The van der Waals surface area contributed by atoms with Gasteiger partial charge in [-0.15, -0.1) is 0 Å². The van der Waals surface area contributed by atoms with Gasteiger partial charge in [-0.1, -0.05) is 42.8 Å². The molecule has 0 unspecified atom stereocenters. The molecule has 0 aliphatic carbocycles. The first-order valence-corrected chi connectivity index (χ1v) is 11.6. The van der Waals surface area contributed by atoms with Gasteiger partial charge in [0.1, 0.15) is 11.5 Å². The third-order valence-electron chi connectivity index (χ3n) is 6.17. The van der Waals surface area contributed by atoms with Gasteiger partial charge in [0.05, 0.1) is 14.2 Å². The van der Waals surface area contributed by atoms with Crippen LogP contribution < -0.4 is 14.4 Å². The topological polar surface area (TPSA) is 24.9 Å². The Morgan fingerprint density at radius 3 is 1.78 bits per heavy atom. The predicted molar refractivity (Wildman–Crippen MR) is 131 cm³/mol. The molecule has 0 saturated carbocycles. The van der Waals surface area contributed by atoms with Crippen LogP contribution in [0.25, 0.3) is 0 Å². The number of benzene rings is 3. The van der Waals surface area contributed by atoms with E-state index in [0.29, 0.717) is 0 Å². The zero-order chi connectivity index (χ0) is 22.2. The van der Waals surface area contributed by atoms with Gasteiger partial charge in [0, 0.05) is 25.3 Å². The first kappa shape index (κ1) is 22.2. The summed E-state index contributed by atoms with van der Waals surface area (Å²) in [5.74, 6) is 1.78. The highest BCUT2D eigenvalue weighted by molar-refractivity contribution is 5.49. The largest absolute Gasteiger partial charge is 0.497 e. The highest BCUT2D eigenvalue weighted by atomic mass is 16.5. The van der Waals surface area contributed by atoms with Gasteiger partial charge in [-0.05, 0) is 79.0 Å². The van der Waals surface area contributed by atoms with E-state index in [-0.39, 0.29) is 0 Å². The number of anilines is 1. The molecule has 0 bridgehead atoms. The quantitative estimate of drug-likeness (QED) is 0.422. The zero-order valence-corrected chi connectivity index (χ0v) is 19.3. The second kappa shape index (κ2) is 11.1. The van der Waals surface area contributed by atoms with Crippen molar-refractivity contribution in [2.24, 2.45) is 0 Å². The molecule has 1 fully saturated rings. The van der Waals surface area contributed by atoms with Gasteiger partial charge in [0.25, 0.3) is 0 Å². The second-order valence-electron chi connectivity index (χ2n) is 8.56. The molecule has 1 saturated heterocycles. The summed E-state index contributed by atoms with van der Waals surface area (Å²) in [6, 6.07) is 25.7. The van der Waals surface area contributed by atoms with Gasteiger partial charge >= 0.3 is 0 Å². The monoisotopic (exact) mass is 430 g/mol. The van der Waals surface area contributed by atoms with Crippen LogP contribution in [0, 0.1) is 0 Å². The molecule has 3 aromatic rings. The summed E-state index contributed by atoms with van der Waals surface area (Å²) in [5, 5.41) is 0. The molecule has 0 atom stereocenters. The van der Waals surface area contributed by atoms with E-state index in [1.54, 1.807) is 14.2 Å². The fraction of sp³-hybridized carbons (Fsp3) is 0.357. The molecule has 1 heterocycles. The van der Waals surface area contributed by atoms with Crippen LogP contribution in [0.3, 0.4) is 0 Å². The number of likely N-dealkylation sites (tertiary alicyclic amines) is 1. The summed E-state index contributed by atoms with van der Waals surface area (Å²) < 4.78 is 10.9. The maximum Gasteiger partial charge on any atom is 0.119 e. The van der Waals surface area contributed by atoms with Crippen molar-refractivity contribution in [2.75, 3.05) is 32.2 Å². The summed E-state index contributed by atoms with van der Waals surface area (Å²) in [7, 11) is 3.43. The SMILES string of the molecule is COc1cccc(CN(Cc2cccc(OC)c2)c2ccc(CN3CCCCC3)cc2)c1. The number of ether oxygens (including phenoxy) is 2. The number of methoxy groups -OCH3 is 2. The number of hydrogen-bond donors (Lipinski definition) is 0. The number of rotatable bonds is 9. The maximum atomic E-state index is 5.44. The molecular formula is C28H34N2O2. The average Bonchev–Trinajstić information content (AvgIpc) is 2.85. The third-order valence-corrected chi connectivity index (χ3v) is 6.17. The number of piperidine rings is 1. The smallest absolute Gasteiger partial charge is 0.119 e. The Bertz CT molecular complexity index is 931. The van der Waals surface area contributed by atoms with Crippen LogP contribution in [0.5, 0.6) is 11.5 Å².